The minimum absolute atomic E-state index is 0. The van der Waals surface area contributed by atoms with Crippen LogP contribution in [0.15, 0.2) is 42.5 Å². The van der Waals surface area contributed by atoms with E-state index in [0.717, 1.165) is 24.9 Å². The molecule has 0 fully saturated rings. The van der Waals surface area contributed by atoms with Gasteiger partial charge in [0, 0.05) is 6.54 Å². The molecule has 2 aromatic carbocycles. The first-order valence-electron chi connectivity index (χ1n) is 11.3. The van der Waals surface area contributed by atoms with Crippen molar-refractivity contribution in [2.75, 3.05) is 19.6 Å². The van der Waals surface area contributed by atoms with Crippen LogP contribution < -0.4 is 0 Å². The average molecular weight is 416 g/mol. The van der Waals surface area contributed by atoms with Crippen LogP contribution in [-0.4, -0.2) is 29.6 Å². The second-order valence-electron chi connectivity index (χ2n) is 8.31. The highest BCUT2D eigenvalue weighted by molar-refractivity contribution is 5.85. The number of aliphatic hydroxyl groups excluding tert-OH is 1. The summed E-state index contributed by atoms with van der Waals surface area (Å²) in [5.41, 5.74) is 6.54. The molecule has 3 heteroatoms. The van der Waals surface area contributed by atoms with Gasteiger partial charge in [-0.05, 0) is 66.6 Å². The Bertz CT molecular complexity index is 735. The van der Waals surface area contributed by atoms with Crippen LogP contribution in [0.5, 0.6) is 0 Å². The van der Waals surface area contributed by atoms with Gasteiger partial charge in [0.2, 0.25) is 0 Å². The van der Waals surface area contributed by atoms with Gasteiger partial charge < -0.3 is 10.0 Å². The Labute approximate surface area is 183 Å². The van der Waals surface area contributed by atoms with Crippen LogP contribution in [0.2, 0.25) is 0 Å². The zero-order chi connectivity index (χ0) is 19.8. The van der Waals surface area contributed by atoms with Gasteiger partial charge in [-0.3, -0.25) is 0 Å². The predicted molar refractivity (Wildman–Crippen MR) is 127 cm³/mol. The molecule has 0 bridgehead atoms. The van der Waals surface area contributed by atoms with E-state index in [4.69, 9.17) is 0 Å². The number of hydrogen-bond donors (Lipinski definition) is 1. The van der Waals surface area contributed by atoms with E-state index in [1.165, 1.54) is 73.9 Å². The van der Waals surface area contributed by atoms with Crippen molar-refractivity contribution in [1.82, 2.24) is 4.90 Å². The van der Waals surface area contributed by atoms with Crippen molar-refractivity contribution in [3.8, 4) is 11.1 Å². The third kappa shape index (κ3) is 6.57. The molecular formula is C26H38ClNO. The summed E-state index contributed by atoms with van der Waals surface area (Å²) < 4.78 is 0. The monoisotopic (exact) mass is 415 g/mol. The molecule has 2 nitrogen and oxygen atoms in total. The Morgan fingerprint density at radius 2 is 1.48 bits per heavy atom. The summed E-state index contributed by atoms with van der Waals surface area (Å²) in [6.07, 6.45) is 9.14. The number of halogens is 1. The van der Waals surface area contributed by atoms with E-state index in [-0.39, 0.29) is 18.5 Å². The molecule has 1 atom stereocenters. The number of nitrogens with zero attached hydrogens (tertiary/aromatic N) is 1. The Hall–Kier alpha value is -1.35. The van der Waals surface area contributed by atoms with E-state index >= 15 is 0 Å². The van der Waals surface area contributed by atoms with Crippen molar-refractivity contribution in [1.29, 1.82) is 0 Å². The van der Waals surface area contributed by atoms with Crippen molar-refractivity contribution >= 4 is 12.4 Å². The number of unbranched alkanes of at least 4 members (excludes halogenated alkanes) is 4. The highest BCUT2D eigenvalue weighted by atomic mass is 35.5. The summed E-state index contributed by atoms with van der Waals surface area (Å²) >= 11 is 0. The SMILES string of the molecule is CCCCCN(CCCCC)CCC(O)c1ccc2c(c1)Cc1ccccc1-2.Cl. The van der Waals surface area contributed by atoms with E-state index in [9.17, 15) is 5.11 Å². The molecule has 2 aromatic rings. The van der Waals surface area contributed by atoms with Gasteiger partial charge in [0.25, 0.3) is 0 Å². The second-order valence-corrected chi connectivity index (χ2v) is 8.31. The highest BCUT2D eigenvalue weighted by Crippen LogP contribution is 2.37. The molecule has 0 heterocycles. The van der Waals surface area contributed by atoms with Gasteiger partial charge in [-0.25, -0.2) is 0 Å². The third-order valence-corrected chi connectivity index (χ3v) is 6.08. The maximum Gasteiger partial charge on any atom is 0.0802 e. The fourth-order valence-electron chi connectivity index (χ4n) is 4.35. The zero-order valence-corrected chi connectivity index (χ0v) is 19.0. The minimum atomic E-state index is -0.367. The first kappa shape index (κ1) is 23.9. The number of rotatable bonds is 12. The van der Waals surface area contributed by atoms with Gasteiger partial charge in [-0.1, -0.05) is 82.0 Å². The van der Waals surface area contributed by atoms with Gasteiger partial charge in [-0.15, -0.1) is 12.4 Å². The van der Waals surface area contributed by atoms with Crippen molar-refractivity contribution in [3.63, 3.8) is 0 Å². The maximum absolute atomic E-state index is 10.8. The lowest BCUT2D eigenvalue weighted by molar-refractivity contribution is 0.140. The quantitative estimate of drug-likeness (QED) is 0.329. The number of aliphatic hydroxyl groups is 1. The summed E-state index contributed by atoms with van der Waals surface area (Å²) in [6, 6.07) is 15.2. The van der Waals surface area contributed by atoms with Crippen molar-refractivity contribution in [2.24, 2.45) is 0 Å². The Morgan fingerprint density at radius 1 is 0.828 bits per heavy atom. The van der Waals surface area contributed by atoms with Gasteiger partial charge in [-0.2, -0.15) is 0 Å². The molecule has 160 valence electrons. The topological polar surface area (TPSA) is 23.5 Å². The summed E-state index contributed by atoms with van der Waals surface area (Å²) in [6.45, 7) is 7.86. The van der Waals surface area contributed by atoms with Crippen molar-refractivity contribution < 1.29 is 5.11 Å². The number of benzene rings is 2. The van der Waals surface area contributed by atoms with Gasteiger partial charge >= 0.3 is 0 Å². The molecule has 3 rings (SSSR count). The predicted octanol–water partition coefficient (Wildman–Crippen LogP) is 6.79. The molecule has 0 saturated heterocycles. The molecule has 1 aliphatic rings. The molecule has 0 aliphatic heterocycles. The lowest BCUT2D eigenvalue weighted by Gasteiger charge is -2.24. The van der Waals surface area contributed by atoms with Crippen LogP contribution in [0.1, 0.15) is 81.6 Å². The second kappa shape index (κ2) is 12.4. The van der Waals surface area contributed by atoms with Gasteiger partial charge in [0.15, 0.2) is 0 Å². The Morgan fingerprint density at radius 3 is 2.17 bits per heavy atom. The standard InChI is InChI=1S/C26H37NO.ClH/c1-3-5-9-16-27(17-10-6-4-2)18-15-26(28)22-13-14-25-23(20-22)19-21-11-7-8-12-24(21)25;/h7-8,11-14,20,26,28H,3-6,9-10,15-19H2,1-2H3;1H. The molecule has 1 N–H and O–H groups in total. The van der Waals surface area contributed by atoms with Gasteiger partial charge in [0.05, 0.1) is 6.10 Å². The summed E-state index contributed by atoms with van der Waals surface area (Å²) in [4.78, 5) is 2.57. The largest absolute Gasteiger partial charge is 0.388 e. The average Bonchev–Trinajstić information content (AvgIpc) is 3.09. The summed E-state index contributed by atoms with van der Waals surface area (Å²) in [7, 11) is 0. The number of hydrogen-bond acceptors (Lipinski definition) is 2. The first-order valence-corrected chi connectivity index (χ1v) is 11.3. The van der Waals surface area contributed by atoms with Gasteiger partial charge in [0.1, 0.15) is 0 Å². The van der Waals surface area contributed by atoms with Crippen LogP contribution in [0.3, 0.4) is 0 Å². The lowest BCUT2D eigenvalue weighted by atomic mass is 9.99. The molecular weight excluding hydrogens is 378 g/mol. The number of fused-ring (bicyclic) bond motifs is 3. The smallest absolute Gasteiger partial charge is 0.0802 e. The fraction of sp³-hybridized carbons (Fsp3) is 0.538. The van der Waals surface area contributed by atoms with E-state index in [0.29, 0.717) is 0 Å². The van der Waals surface area contributed by atoms with Crippen molar-refractivity contribution in [2.45, 2.75) is 71.3 Å². The van der Waals surface area contributed by atoms with Crippen LogP contribution in [0.4, 0.5) is 0 Å². The van der Waals surface area contributed by atoms with E-state index < -0.39 is 0 Å². The van der Waals surface area contributed by atoms with E-state index in [1.807, 2.05) is 0 Å². The Balaban J connectivity index is 0.00000300. The molecule has 0 amide bonds. The summed E-state index contributed by atoms with van der Waals surface area (Å²) in [5.74, 6) is 0. The van der Waals surface area contributed by atoms with Crippen LogP contribution in [0, 0.1) is 0 Å². The maximum atomic E-state index is 10.8. The van der Waals surface area contributed by atoms with E-state index in [1.54, 1.807) is 0 Å². The molecule has 0 radical (unpaired) electrons. The summed E-state index contributed by atoms with van der Waals surface area (Å²) in [5, 5.41) is 10.8. The highest BCUT2D eigenvalue weighted by Gasteiger charge is 2.19. The lowest BCUT2D eigenvalue weighted by Crippen LogP contribution is -2.28. The van der Waals surface area contributed by atoms with Crippen LogP contribution >= 0.6 is 12.4 Å². The molecule has 1 aliphatic carbocycles. The minimum Gasteiger partial charge on any atom is -0.388 e. The van der Waals surface area contributed by atoms with E-state index in [2.05, 4.69) is 61.2 Å². The fourth-order valence-corrected chi connectivity index (χ4v) is 4.35. The molecule has 29 heavy (non-hydrogen) atoms. The molecule has 0 saturated carbocycles. The third-order valence-electron chi connectivity index (χ3n) is 6.08. The van der Waals surface area contributed by atoms with Crippen molar-refractivity contribution in [3.05, 3.63) is 59.2 Å². The zero-order valence-electron chi connectivity index (χ0n) is 18.2. The molecule has 0 aromatic heterocycles. The van der Waals surface area contributed by atoms with Crippen LogP contribution in [0.25, 0.3) is 11.1 Å². The normalized spacial score (nSPS) is 13.1. The molecule has 1 unspecified atom stereocenters. The first-order chi connectivity index (χ1) is 13.7. The van der Waals surface area contributed by atoms with Crippen LogP contribution in [-0.2, 0) is 6.42 Å². The molecule has 0 spiro atoms. The Kier molecular flexibility index (Phi) is 10.2.